The van der Waals surface area contributed by atoms with Gasteiger partial charge in [0, 0.05) is 5.75 Å². The zero-order valence-electron chi connectivity index (χ0n) is 13.0. The summed E-state index contributed by atoms with van der Waals surface area (Å²) in [6.45, 7) is 0.298. The Labute approximate surface area is 150 Å². The summed E-state index contributed by atoms with van der Waals surface area (Å²) >= 11 is 2.71. The quantitative estimate of drug-likeness (QED) is 0.381. The smallest absolute Gasteiger partial charge is 0.272 e. The summed E-state index contributed by atoms with van der Waals surface area (Å²) in [6.07, 6.45) is 1.57. The maximum atomic E-state index is 13.9. The van der Waals surface area contributed by atoms with Crippen LogP contribution in [0.3, 0.4) is 0 Å². The first-order valence-corrected chi connectivity index (χ1v) is 9.45. The molecule has 0 unspecified atom stereocenters. The molecular formula is C18H13FN2O2S2. The topological polar surface area (TPSA) is 48.0 Å². The highest BCUT2D eigenvalue weighted by atomic mass is 32.2. The molecule has 0 radical (unpaired) electrons. The lowest BCUT2D eigenvalue weighted by molar-refractivity contribution is 0.477. The summed E-state index contributed by atoms with van der Waals surface area (Å²) < 4.78 is 21.4. The van der Waals surface area contributed by atoms with Crippen LogP contribution in [0.4, 0.5) is 4.39 Å². The highest BCUT2D eigenvalue weighted by Gasteiger charge is 2.15. The second-order valence-electron chi connectivity index (χ2n) is 5.38. The molecule has 4 aromatic rings. The van der Waals surface area contributed by atoms with E-state index in [1.807, 2.05) is 17.5 Å². The Morgan fingerprint density at radius 3 is 2.88 bits per heavy atom. The number of nitrogens with zero attached hydrogens (tertiary/aromatic N) is 2. The molecule has 0 saturated heterocycles. The highest BCUT2D eigenvalue weighted by Crippen LogP contribution is 2.25. The fraction of sp³-hybridized carbons (Fsp3) is 0.111. The van der Waals surface area contributed by atoms with Gasteiger partial charge < -0.3 is 4.42 Å². The van der Waals surface area contributed by atoms with Crippen LogP contribution in [-0.4, -0.2) is 9.55 Å². The third-order valence-corrected chi connectivity index (χ3v) is 5.66. The Hall–Kier alpha value is -2.38. The van der Waals surface area contributed by atoms with Crippen molar-refractivity contribution in [3.63, 3.8) is 0 Å². The van der Waals surface area contributed by atoms with Gasteiger partial charge in [0.15, 0.2) is 5.16 Å². The van der Waals surface area contributed by atoms with E-state index in [0.717, 1.165) is 0 Å². The molecule has 4 nitrogen and oxygen atoms in total. The van der Waals surface area contributed by atoms with E-state index in [2.05, 4.69) is 4.98 Å². The molecule has 3 heterocycles. The lowest BCUT2D eigenvalue weighted by Crippen LogP contribution is -2.23. The second-order valence-corrected chi connectivity index (χ2v) is 7.24. The first kappa shape index (κ1) is 16.1. The van der Waals surface area contributed by atoms with Gasteiger partial charge in [-0.25, -0.2) is 9.37 Å². The van der Waals surface area contributed by atoms with Crippen LogP contribution in [0.25, 0.3) is 10.2 Å². The van der Waals surface area contributed by atoms with Crippen LogP contribution in [0, 0.1) is 5.82 Å². The van der Waals surface area contributed by atoms with Crippen LogP contribution in [-0.2, 0) is 12.3 Å². The number of thiophene rings is 1. The van der Waals surface area contributed by atoms with Crippen molar-refractivity contribution in [2.75, 3.05) is 0 Å². The molecule has 0 N–H and O–H groups in total. The molecule has 0 spiro atoms. The van der Waals surface area contributed by atoms with Crippen molar-refractivity contribution in [2.24, 2.45) is 0 Å². The van der Waals surface area contributed by atoms with Gasteiger partial charge in [0.25, 0.3) is 5.56 Å². The molecule has 0 aliphatic carbocycles. The number of aromatic nitrogens is 2. The zero-order chi connectivity index (χ0) is 17.2. The van der Waals surface area contributed by atoms with Gasteiger partial charge in [0.1, 0.15) is 16.3 Å². The third-order valence-electron chi connectivity index (χ3n) is 3.74. The van der Waals surface area contributed by atoms with Gasteiger partial charge in [-0.1, -0.05) is 30.0 Å². The summed E-state index contributed by atoms with van der Waals surface area (Å²) in [6, 6.07) is 12.0. The lowest BCUT2D eigenvalue weighted by Gasteiger charge is -2.11. The van der Waals surface area contributed by atoms with E-state index in [4.69, 9.17) is 4.42 Å². The highest BCUT2D eigenvalue weighted by molar-refractivity contribution is 7.98. The molecule has 126 valence electrons. The Morgan fingerprint density at radius 1 is 1.20 bits per heavy atom. The van der Waals surface area contributed by atoms with Crippen LogP contribution in [0.5, 0.6) is 0 Å². The van der Waals surface area contributed by atoms with Crippen LogP contribution in [0.2, 0.25) is 0 Å². The molecule has 4 rings (SSSR count). The van der Waals surface area contributed by atoms with E-state index in [0.29, 0.717) is 39.0 Å². The average molecular weight is 372 g/mol. The summed E-state index contributed by atoms with van der Waals surface area (Å²) in [5.41, 5.74) is 1.14. The second kappa shape index (κ2) is 6.85. The van der Waals surface area contributed by atoms with Gasteiger partial charge in [-0.2, -0.15) is 0 Å². The first-order chi connectivity index (χ1) is 12.2. The summed E-state index contributed by atoms with van der Waals surface area (Å²) in [4.78, 5) is 17.4. The van der Waals surface area contributed by atoms with E-state index >= 15 is 0 Å². The molecular weight excluding hydrogens is 359 g/mol. The number of furan rings is 1. The number of halogens is 1. The van der Waals surface area contributed by atoms with E-state index < -0.39 is 0 Å². The van der Waals surface area contributed by atoms with Crippen molar-refractivity contribution in [2.45, 2.75) is 17.5 Å². The van der Waals surface area contributed by atoms with Crippen molar-refractivity contribution in [3.8, 4) is 0 Å². The molecule has 0 aliphatic heterocycles. The van der Waals surface area contributed by atoms with Gasteiger partial charge in [-0.3, -0.25) is 9.36 Å². The number of benzene rings is 1. The molecule has 3 aromatic heterocycles. The number of rotatable bonds is 5. The molecule has 1 aromatic carbocycles. The summed E-state index contributed by atoms with van der Waals surface area (Å²) in [7, 11) is 0. The Morgan fingerprint density at radius 2 is 2.08 bits per heavy atom. The maximum absolute atomic E-state index is 13.9. The van der Waals surface area contributed by atoms with Crippen molar-refractivity contribution in [1.82, 2.24) is 9.55 Å². The molecule has 0 fully saturated rings. The number of hydrogen-bond acceptors (Lipinski definition) is 5. The fourth-order valence-electron chi connectivity index (χ4n) is 2.49. The molecule has 0 amide bonds. The predicted molar refractivity (Wildman–Crippen MR) is 97.7 cm³/mol. The Balaban J connectivity index is 1.73. The van der Waals surface area contributed by atoms with Gasteiger partial charge in [-0.05, 0) is 35.2 Å². The maximum Gasteiger partial charge on any atom is 0.272 e. The molecule has 0 aliphatic rings. The van der Waals surface area contributed by atoms with Crippen molar-refractivity contribution in [1.29, 1.82) is 0 Å². The molecule has 0 saturated carbocycles. The van der Waals surface area contributed by atoms with Crippen LogP contribution in [0.15, 0.2) is 68.5 Å². The lowest BCUT2D eigenvalue weighted by atomic mass is 10.2. The predicted octanol–water partition coefficient (Wildman–Crippen LogP) is 4.53. The first-order valence-electron chi connectivity index (χ1n) is 7.59. The third kappa shape index (κ3) is 3.25. The van der Waals surface area contributed by atoms with Crippen molar-refractivity contribution >= 4 is 33.3 Å². The van der Waals surface area contributed by atoms with E-state index in [1.54, 1.807) is 35.1 Å². The minimum Gasteiger partial charge on any atom is -0.467 e. The monoisotopic (exact) mass is 372 g/mol. The van der Waals surface area contributed by atoms with E-state index in [-0.39, 0.29) is 11.4 Å². The molecule has 0 atom stereocenters. The van der Waals surface area contributed by atoms with Gasteiger partial charge >= 0.3 is 0 Å². The van der Waals surface area contributed by atoms with Crippen LogP contribution >= 0.6 is 23.1 Å². The fourth-order valence-corrected chi connectivity index (χ4v) is 4.25. The van der Waals surface area contributed by atoms with Gasteiger partial charge in [0.2, 0.25) is 0 Å². The van der Waals surface area contributed by atoms with Gasteiger partial charge in [0.05, 0.1) is 18.3 Å². The average Bonchev–Trinajstić information content (AvgIpc) is 3.29. The van der Waals surface area contributed by atoms with E-state index in [9.17, 15) is 9.18 Å². The normalized spacial score (nSPS) is 11.2. The van der Waals surface area contributed by atoms with Crippen molar-refractivity contribution < 1.29 is 8.81 Å². The standard InChI is InChI=1S/C18H13FN2O2S2/c19-14-6-2-1-4-12(14)11-25-18-20-15-7-9-24-16(15)17(22)21(18)10-13-5-3-8-23-13/h1-9H,10-11H2. The number of thioether (sulfide) groups is 1. The molecule has 25 heavy (non-hydrogen) atoms. The Bertz CT molecular complexity index is 1070. The van der Waals surface area contributed by atoms with Crippen LogP contribution < -0.4 is 5.56 Å². The van der Waals surface area contributed by atoms with Crippen LogP contribution in [0.1, 0.15) is 11.3 Å². The minimum atomic E-state index is -0.258. The number of fused-ring (bicyclic) bond motifs is 1. The van der Waals surface area contributed by atoms with Gasteiger partial charge in [-0.15, -0.1) is 11.3 Å². The van der Waals surface area contributed by atoms with E-state index in [1.165, 1.54) is 29.2 Å². The largest absolute Gasteiger partial charge is 0.467 e. The van der Waals surface area contributed by atoms with Crippen molar-refractivity contribution in [3.05, 3.63) is 81.6 Å². The molecule has 7 heteroatoms. The minimum absolute atomic E-state index is 0.104. The summed E-state index contributed by atoms with van der Waals surface area (Å²) in [5, 5.41) is 2.40. The number of hydrogen-bond donors (Lipinski definition) is 0. The Kier molecular flexibility index (Phi) is 4.42. The zero-order valence-corrected chi connectivity index (χ0v) is 14.6. The SMILES string of the molecule is O=c1c2sccc2nc(SCc2ccccc2F)n1Cc1ccco1. The molecule has 0 bridgehead atoms. The summed E-state index contributed by atoms with van der Waals surface area (Å²) in [5.74, 6) is 0.812.